The molecule has 0 N–H and O–H groups in total. The van der Waals surface area contributed by atoms with Gasteiger partial charge in [-0.3, -0.25) is 0 Å². The van der Waals surface area contributed by atoms with Crippen molar-refractivity contribution < 1.29 is 14.0 Å². The van der Waals surface area contributed by atoms with Gasteiger partial charge in [0.05, 0.1) is 24.4 Å². The van der Waals surface area contributed by atoms with E-state index in [1.54, 1.807) is 0 Å². The van der Waals surface area contributed by atoms with Crippen molar-refractivity contribution in [1.29, 1.82) is 0 Å². The van der Waals surface area contributed by atoms with Crippen LogP contribution in [-0.4, -0.2) is 49.6 Å². The van der Waals surface area contributed by atoms with Crippen LogP contribution in [0.3, 0.4) is 0 Å². The van der Waals surface area contributed by atoms with Gasteiger partial charge in [-0.2, -0.15) is 0 Å². The lowest BCUT2D eigenvalue weighted by atomic mass is 9.79. The fourth-order valence-corrected chi connectivity index (χ4v) is 2.96. The van der Waals surface area contributed by atoms with Gasteiger partial charge in [-0.1, -0.05) is 0 Å². The van der Waals surface area contributed by atoms with E-state index < -0.39 is 0 Å². The highest BCUT2D eigenvalue weighted by Crippen LogP contribution is 2.37. The molecule has 5 nitrogen and oxygen atoms in total. The van der Waals surface area contributed by atoms with E-state index in [-0.39, 0.29) is 18.3 Å². The van der Waals surface area contributed by atoms with Crippen molar-refractivity contribution in [2.75, 3.05) is 31.2 Å². The Morgan fingerprint density at radius 3 is 2.32 bits per heavy atom. The number of pyridine rings is 1. The van der Waals surface area contributed by atoms with E-state index in [1.165, 1.54) is 0 Å². The number of anilines is 1. The fraction of sp³-hybridized carbons (Fsp3) is 0.667. The summed E-state index contributed by atoms with van der Waals surface area (Å²) in [7, 11) is -0.387. The van der Waals surface area contributed by atoms with Crippen LogP contribution in [-0.2, 0) is 14.0 Å². The molecule has 0 saturated carbocycles. The van der Waals surface area contributed by atoms with Crippen LogP contribution in [0.1, 0.15) is 27.7 Å². The minimum absolute atomic E-state index is 0.348. The molecular weight excluding hydrogens is 347 g/mol. The Balaban J connectivity index is 1.88. The maximum absolute atomic E-state index is 6.15. The number of ether oxygens (including phenoxy) is 1. The van der Waals surface area contributed by atoms with Gasteiger partial charge in [0.1, 0.15) is 5.82 Å². The van der Waals surface area contributed by atoms with Gasteiger partial charge in [0, 0.05) is 29.2 Å². The first-order chi connectivity index (χ1) is 10.3. The van der Waals surface area contributed by atoms with Crippen molar-refractivity contribution in [3.8, 4) is 0 Å². The quantitative estimate of drug-likeness (QED) is 0.747. The van der Waals surface area contributed by atoms with E-state index in [1.807, 2.05) is 6.20 Å². The van der Waals surface area contributed by atoms with Gasteiger partial charge in [-0.15, -0.1) is 0 Å². The van der Waals surface area contributed by atoms with Gasteiger partial charge in [0.15, 0.2) is 0 Å². The molecule has 3 heterocycles. The molecule has 2 fully saturated rings. The lowest BCUT2D eigenvalue weighted by Gasteiger charge is -2.32. The normalized spacial score (nSPS) is 23.9. The number of nitrogens with zero attached hydrogens (tertiary/aromatic N) is 2. The monoisotopic (exact) mass is 368 g/mol. The molecular formula is C15H22BBrN2O3. The van der Waals surface area contributed by atoms with Crippen LogP contribution in [0, 0.1) is 0 Å². The molecule has 120 valence electrons. The van der Waals surface area contributed by atoms with Gasteiger partial charge < -0.3 is 18.9 Å². The summed E-state index contributed by atoms with van der Waals surface area (Å²) >= 11 is 3.57. The molecule has 22 heavy (non-hydrogen) atoms. The van der Waals surface area contributed by atoms with E-state index >= 15 is 0 Å². The molecule has 0 unspecified atom stereocenters. The van der Waals surface area contributed by atoms with Crippen LogP contribution in [0.4, 0.5) is 5.82 Å². The van der Waals surface area contributed by atoms with Gasteiger partial charge in [-0.05, 0) is 49.7 Å². The number of hydrogen-bond acceptors (Lipinski definition) is 5. The van der Waals surface area contributed by atoms with Crippen LogP contribution in [0.5, 0.6) is 0 Å². The summed E-state index contributed by atoms with van der Waals surface area (Å²) in [5.41, 5.74) is 0.286. The van der Waals surface area contributed by atoms with Gasteiger partial charge in [0.2, 0.25) is 0 Å². The summed E-state index contributed by atoms with van der Waals surface area (Å²) in [6.45, 7) is 11.4. The number of rotatable bonds is 2. The lowest BCUT2D eigenvalue weighted by molar-refractivity contribution is 0.00578. The number of morpholine rings is 1. The Morgan fingerprint density at radius 2 is 1.73 bits per heavy atom. The average Bonchev–Trinajstić information content (AvgIpc) is 2.69. The first-order valence-corrected chi connectivity index (χ1v) is 8.43. The van der Waals surface area contributed by atoms with Crippen molar-refractivity contribution in [1.82, 2.24) is 4.98 Å². The van der Waals surface area contributed by atoms with Crippen molar-refractivity contribution in [3.63, 3.8) is 0 Å². The van der Waals surface area contributed by atoms with Crippen LogP contribution in [0.2, 0.25) is 0 Å². The standard InChI is InChI=1S/C15H22BBrN2O3/c1-14(2)15(3,4)22-16(21-14)11-9-13(18-10-12(11)17)19-5-7-20-8-6-19/h9-10H,5-8H2,1-4H3. The highest BCUT2D eigenvalue weighted by molar-refractivity contribution is 9.10. The number of aromatic nitrogens is 1. The highest BCUT2D eigenvalue weighted by atomic mass is 79.9. The minimum Gasteiger partial charge on any atom is -0.399 e. The second-order valence-electron chi connectivity index (χ2n) is 6.75. The molecule has 0 bridgehead atoms. The van der Waals surface area contributed by atoms with Crippen LogP contribution >= 0.6 is 15.9 Å². The number of halogens is 1. The molecule has 2 aliphatic heterocycles. The molecule has 0 aliphatic carbocycles. The van der Waals surface area contributed by atoms with E-state index in [0.717, 1.165) is 42.1 Å². The molecule has 1 aromatic rings. The molecule has 0 aromatic carbocycles. The first kappa shape index (κ1) is 16.2. The Labute approximate surface area is 140 Å². The Hall–Kier alpha value is -0.625. The summed E-state index contributed by atoms with van der Waals surface area (Å²) in [5, 5.41) is 0. The summed E-state index contributed by atoms with van der Waals surface area (Å²) in [4.78, 5) is 6.75. The van der Waals surface area contributed by atoms with E-state index in [9.17, 15) is 0 Å². The molecule has 3 rings (SSSR count). The van der Waals surface area contributed by atoms with Crippen molar-refractivity contribution >= 4 is 34.3 Å². The molecule has 0 atom stereocenters. The van der Waals surface area contributed by atoms with E-state index in [0.29, 0.717) is 0 Å². The van der Waals surface area contributed by atoms with Crippen molar-refractivity contribution in [3.05, 3.63) is 16.7 Å². The van der Waals surface area contributed by atoms with Gasteiger partial charge in [-0.25, -0.2) is 4.98 Å². The Bertz CT molecular complexity index is 546. The van der Waals surface area contributed by atoms with E-state index in [2.05, 4.69) is 59.6 Å². The van der Waals surface area contributed by atoms with Crippen molar-refractivity contribution in [2.45, 2.75) is 38.9 Å². The molecule has 0 radical (unpaired) electrons. The number of hydrogen-bond donors (Lipinski definition) is 0. The second kappa shape index (κ2) is 5.78. The third kappa shape index (κ3) is 2.91. The zero-order valence-corrected chi connectivity index (χ0v) is 15.1. The van der Waals surface area contributed by atoms with Crippen LogP contribution in [0.25, 0.3) is 0 Å². The molecule has 1 aromatic heterocycles. The SMILES string of the molecule is CC1(C)OB(c2cc(N3CCOCC3)ncc2Br)OC1(C)C. The maximum atomic E-state index is 6.15. The topological polar surface area (TPSA) is 43.8 Å². The summed E-state index contributed by atoms with van der Waals surface area (Å²) in [6, 6.07) is 2.05. The molecule has 0 spiro atoms. The third-order valence-electron chi connectivity index (χ3n) is 4.71. The Morgan fingerprint density at radius 1 is 1.14 bits per heavy atom. The third-order valence-corrected chi connectivity index (χ3v) is 5.38. The first-order valence-electron chi connectivity index (χ1n) is 7.64. The van der Waals surface area contributed by atoms with Crippen molar-refractivity contribution in [2.24, 2.45) is 0 Å². The van der Waals surface area contributed by atoms with Gasteiger partial charge >= 0.3 is 7.12 Å². The summed E-state index contributed by atoms with van der Waals surface area (Å²) in [5.74, 6) is 0.941. The smallest absolute Gasteiger partial charge is 0.399 e. The molecule has 7 heteroatoms. The Kier molecular flexibility index (Phi) is 4.27. The highest BCUT2D eigenvalue weighted by Gasteiger charge is 2.52. The molecule has 2 saturated heterocycles. The second-order valence-corrected chi connectivity index (χ2v) is 7.61. The summed E-state index contributed by atoms with van der Waals surface area (Å²) < 4.78 is 18.6. The predicted molar refractivity (Wildman–Crippen MR) is 90.7 cm³/mol. The zero-order valence-electron chi connectivity index (χ0n) is 13.6. The van der Waals surface area contributed by atoms with Gasteiger partial charge in [0.25, 0.3) is 0 Å². The van der Waals surface area contributed by atoms with Crippen LogP contribution < -0.4 is 10.4 Å². The van der Waals surface area contributed by atoms with Crippen LogP contribution in [0.15, 0.2) is 16.7 Å². The zero-order chi connectivity index (χ0) is 16.0. The summed E-state index contributed by atoms with van der Waals surface area (Å²) in [6.07, 6.45) is 1.82. The largest absolute Gasteiger partial charge is 0.496 e. The predicted octanol–water partition coefficient (Wildman–Crippen LogP) is 1.98. The molecule has 0 amide bonds. The van der Waals surface area contributed by atoms with E-state index in [4.69, 9.17) is 14.0 Å². The fourth-order valence-electron chi connectivity index (χ4n) is 2.56. The average molecular weight is 369 g/mol. The molecule has 2 aliphatic rings. The minimum atomic E-state index is -0.387. The maximum Gasteiger partial charge on any atom is 0.496 e. The lowest BCUT2D eigenvalue weighted by Crippen LogP contribution is -2.41.